The highest BCUT2D eigenvalue weighted by molar-refractivity contribution is 5.79. The lowest BCUT2D eigenvalue weighted by Gasteiger charge is -2.24. The molecule has 0 spiro atoms. The Morgan fingerprint density at radius 1 is 1.18 bits per heavy atom. The van der Waals surface area contributed by atoms with Gasteiger partial charge >= 0.3 is 0 Å². The molecule has 0 unspecified atom stereocenters. The second-order valence-electron chi connectivity index (χ2n) is 7.39. The molecular formula is C21H24N6O. The fourth-order valence-corrected chi connectivity index (χ4v) is 3.73. The number of amides is 1. The third-order valence-electron chi connectivity index (χ3n) is 5.09. The van der Waals surface area contributed by atoms with E-state index < -0.39 is 0 Å². The first-order chi connectivity index (χ1) is 13.6. The van der Waals surface area contributed by atoms with Crippen LogP contribution in [0.2, 0.25) is 0 Å². The molecule has 0 saturated carbocycles. The van der Waals surface area contributed by atoms with E-state index in [0.717, 1.165) is 42.3 Å². The largest absolute Gasteiger partial charge is 0.334 e. The molecule has 1 aliphatic rings. The van der Waals surface area contributed by atoms with E-state index in [1.165, 1.54) is 0 Å². The van der Waals surface area contributed by atoms with Gasteiger partial charge in [0.2, 0.25) is 5.91 Å². The Hall–Kier alpha value is -3.09. The van der Waals surface area contributed by atoms with Gasteiger partial charge in [0.15, 0.2) is 5.82 Å². The summed E-state index contributed by atoms with van der Waals surface area (Å²) in [4.78, 5) is 32.5. The molecule has 1 aliphatic heterocycles. The summed E-state index contributed by atoms with van der Waals surface area (Å²) in [6.45, 7) is 4.96. The molecule has 7 nitrogen and oxygen atoms in total. The standard InChI is InChI=1S/C21H24N6O/c1-15(2)21-24-9-11-27(21)19-14-23-13-17(25-19)18-4-3-10-26(18)20(28)12-16-5-7-22-8-6-16/h5-9,11,13-15,18H,3-4,10,12H2,1-2H3/t18-/m1/s1. The summed E-state index contributed by atoms with van der Waals surface area (Å²) in [5.74, 6) is 2.09. The first-order valence-electron chi connectivity index (χ1n) is 9.67. The number of hydrogen-bond donors (Lipinski definition) is 0. The minimum atomic E-state index is -0.0344. The lowest BCUT2D eigenvalue weighted by Crippen LogP contribution is -2.32. The van der Waals surface area contributed by atoms with Crippen LogP contribution in [0.3, 0.4) is 0 Å². The Balaban J connectivity index is 1.58. The molecule has 7 heteroatoms. The van der Waals surface area contributed by atoms with E-state index in [1.54, 1.807) is 31.0 Å². The Bertz CT molecular complexity index is 952. The van der Waals surface area contributed by atoms with Crippen molar-refractivity contribution in [1.82, 2.24) is 29.4 Å². The highest BCUT2D eigenvalue weighted by Gasteiger charge is 2.31. The van der Waals surface area contributed by atoms with Crippen LogP contribution in [-0.2, 0) is 11.2 Å². The fraction of sp³-hybridized carbons (Fsp3) is 0.381. The molecule has 0 aliphatic carbocycles. The van der Waals surface area contributed by atoms with Crippen LogP contribution < -0.4 is 0 Å². The molecule has 0 bridgehead atoms. The topological polar surface area (TPSA) is 76.8 Å². The zero-order valence-electron chi connectivity index (χ0n) is 16.2. The van der Waals surface area contributed by atoms with Crippen molar-refractivity contribution in [3.05, 3.63) is 66.4 Å². The Labute approximate surface area is 164 Å². The molecule has 0 aromatic carbocycles. The molecule has 3 aromatic heterocycles. The number of carbonyl (C=O) groups is 1. The summed E-state index contributed by atoms with van der Waals surface area (Å²) in [6, 6.07) is 3.74. The number of likely N-dealkylation sites (tertiary alicyclic amines) is 1. The van der Waals surface area contributed by atoms with Gasteiger partial charge in [-0.15, -0.1) is 0 Å². The van der Waals surface area contributed by atoms with Gasteiger partial charge in [-0.1, -0.05) is 13.8 Å². The van der Waals surface area contributed by atoms with Crippen LogP contribution in [-0.4, -0.2) is 41.9 Å². The molecular weight excluding hydrogens is 352 g/mol. The van der Waals surface area contributed by atoms with E-state index in [1.807, 2.05) is 27.8 Å². The predicted molar refractivity (Wildman–Crippen MR) is 105 cm³/mol. The summed E-state index contributed by atoms with van der Waals surface area (Å²) in [6.07, 6.45) is 12.9. The number of rotatable bonds is 5. The average molecular weight is 376 g/mol. The molecule has 1 atom stereocenters. The van der Waals surface area contributed by atoms with E-state index in [0.29, 0.717) is 6.42 Å². The highest BCUT2D eigenvalue weighted by Crippen LogP contribution is 2.31. The van der Waals surface area contributed by atoms with Gasteiger partial charge in [-0.25, -0.2) is 9.97 Å². The van der Waals surface area contributed by atoms with Crippen LogP contribution in [0.25, 0.3) is 5.82 Å². The van der Waals surface area contributed by atoms with Crippen molar-refractivity contribution >= 4 is 5.91 Å². The third kappa shape index (κ3) is 3.65. The fourth-order valence-electron chi connectivity index (χ4n) is 3.73. The second kappa shape index (κ2) is 7.88. The van der Waals surface area contributed by atoms with Crippen molar-refractivity contribution in [2.24, 2.45) is 0 Å². The molecule has 3 aromatic rings. The number of imidazole rings is 1. The SMILES string of the molecule is CC(C)c1nccn1-c1cncc([C@H]2CCCN2C(=O)Cc2ccncc2)n1. The van der Waals surface area contributed by atoms with Gasteiger partial charge in [-0.3, -0.25) is 19.3 Å². The van der Waals surface area contributed by atoms with Crippen molar-refractivity contribution < 1.29 is 4.79 Å². The van der Waals surface area contributed by atoms with E-state index >= 15 is 0 Å². The lowest BCUT2D eigenvalue weighted by molar-refractivity contribution is -0.131. The summed E-state index contributed by atoms with van der Waals surface area (Å²) >= 11 is 0. The minimum Gasteiger partial charge on any atom is -0.334 e. The van der Waals surface area contributed by atoms with Crippen molar-refractivity contribution in [3.8, 4) is 5.82 Å². The Morgan fingerprint density at radius 2 is 2.00 bits per heavy atom. The maximum absolute atomic E-state index is 12.9. The quantitative estimate of drug-likeness (QED) is 0.684. The molecule has 144 valence electrons. The van der Waals surface area contributed by atoms with Crippen molar-refractivity contribution in [1.29, 1.82) is 0 Å². The number of nitrogens with zero attached hydrogens (tertiary/aromatic N) is 6. The average Bonchev–Trinajstić information content (AvgIpc) is 3.39. The number of aromatic nitrogens is 5. The third-order valence-corrected chi connectivity index (χ3v) is 5.09. The number of carbonyl (C=O) groups excluding carboxylic acids is 1. The van der Waals surface area contributed by atoms with E-state index in [9.17, 15) is 4.79 Å². The van der Waals surface area contributed by atoms with Crippen molar-refractivity contribution in [3.63, 3.8) is 0 Å². The summed E-state index contributed by atoms with van der Waals surface area (Å²) < 4.78 is 1.97. The van der Waals surface area contributed by atoms with Crippen LogP contribution in [0, 0.1) is 0 Å². The molecule has 4 rings (SSSR count). The zero-order chi connectivity index (χ0) is 19.5. The van der Waals surface area contributed by atoms with E-state index in [-0.39, 0.29) is 17.9 Å². The molecule has 28 heavy (non-hydrogen) atoms. The summed E-state index contributed by atoms with van der Waals surface area (Å²) in [5.41, 5.74) is 1.81. The van der Waals surface area contributed by atoms with Crippen LogP contribution in [0.5, 0.6) is 0 Å². The molecule has 0 radical (unpaired) electrons. The van der Waals surface area contributed by atoms with Crippen LogP contribution in [0.1, 0.15) is 55.7 Å². The van der Waals surface area contributed by atoms with Crippen LogP contribution in [0.15, 0.2) is 49.3 Å². The molecule has 1 saturated heterocycles. The van der Waals surface area contributed by atoms with E-state index in [4.69, 9.17) is 4.98 Å². The normalized spacial score (nSPS) is 16.7. The van der Waals surface area contributed by atoms with Gasteiger partial charge in [-0.05, 0) is 30.5 Å². The Kier molecular flexibility index (Phi) is 5.14. The monoisotopic (exact) mass is 376 g/mol. The first-order valence-corrected chi connectivity index (χ1v) is 9.67. The van der Waals surface area contributed by atoms with Crippen molar-refractivity contribution in [2.45, 2.75) is 45.1 Å². The van der Waals surface area contributed by atoms with Crippen LogP contribution >= 0.6 is 0 Å². The summed E-state index contributed by atoms with van der Waals surface area (Å²) in [5, 5.41) is 0. The van der Waals surface area contributed by atoms with Gasteiger partial charge in [0.1, 0.15) is 5.82 Å². The number of hydrogen-bond acceptors (Lipinski definition) is 5. The van der Waals surface area contributed by atoms with Gasteiger partial charge < -0.3 is 4.90 Å². The summed E-state index contributed by atoms with van der Waals surface area (Å²) in [7, 11) is 0. The highest BCUT2D eigenvalue weighted by atomic mass is 16.2. The maximum atomic E-state index is 12.9. The lowest BCUT2D eigenvalue weighted by atomic mass is 10.1. The van der Waals surface area contributed by atoms with Gasteiger partial charge in [-0.2, -0.15) is 0 Å². The molecule has 0 N–H and O–H groups in total. The van der Waals surface area contributed by atoms with Crippen molar-refractivity contribution in [2.75, 3.05) is 6.54 Å². The first kappa shape index (κ1) is 18.3. The van der Waals surface area contributed by atoms with E-state index in [2.05, 4.69) is 28.8 Å². The predicted octanol–water partition coefficient (Wildman–Crippen LogP) is 3.09. The van der Waals surface area contributed by atoms with Crippen LogP contribution in [0.4, 0.5) is 0 Å². The smallest absolute Gasteiger partial charge is 0.227 e. The Morgan fingerprint density at radius 3 is 2.79 bits per heavy atom. The maximum Gasteiger partial charge on any atom is 0.227 e. The second-order valence-corrected chi connectivity index (χ2v) is 7.39. The van der Waals surface area contributed by atoms with Gasteiger partial charge in [0.05, 0.1) is 30.6 Å². The van der Waals surface area contributed by atoms with Gasteiger partial charge in [0, 0.05) is 37.3 Å². The zero-order valence-corrected chi connectivity index (χ0v) is 16.2. The minimum absolute atomic E-state index is 0.0344. The molecule has 1 fully saturated rings. The molecule has 4 heterocycles. The van der Waals surface area contributed by atoms with Gasteiger partial charge in [0.25, 0.3) is 0 Å². The number of pyridine rings is 1. The molecule has 1 amide bonds.